The number of fused-ring (bicyclic) bond motifs is 1. The number of benzene rings is 1. The summed E-state index contributed by atoms with van der Waals surface area (Å²) in [7, 11) is 4.78. The molecule has 0 spiro atoms. The SMILES string of the molecule is COc1ccc2c(C(=O)Nc3nc(C)c(C(=O)N(C)C)s3)cc(=O)oc2c1. The van der Waals surface area contributed by atoms with Crippen molar-refractivity contribution in [3.8, 4) is 5.75 Å². The highest BCUT2D eigenvalue weighted by atomic mass is 32.1. The summed E-state index contributed by atoms with van der Waals surface area (Å²) >= 11 is 1.08. The van der Waals surface area contributed by atoms with Crippen LogP contribution in [0.4, 0.5) is 5.13 Å². The van der Waals surface area contributed by atoms with Gasteiger partial charge in [0.2, 0.25) is 0 Å². The van der Waals surface area contributed by atoms with Crippen molar-refractivity contribution in [2.75, 3.05) is 26.5 Å². The van der Waals surface area contributed by atoms with Crippen LogP contribution in [0.15, 0.2) is 33.5 Å². The van der Waals surface area contributed by atoms with E-state index >= 15 is 0 Å². The predicted octanol–water partition coefficient (Wildman–Crippen LogP) is 2.52. The molecule has 140 valence electrons. The molecule has 9 heteroatoms. The molecule has 0 fully saturated rings. The summed E-state index contributed by atoms with van der Waals surface area (Å²) in [6.45, 7) is 1.70. The van der Waals surface area contributed by atoms with Gasteiger partial charge >= 0.3 is 5.63 Å². The normalized spacial score (nSPS) is 10.7. The predicted molar refractivity (Wildman–Crippen MR) is 102 cm³/mol. The molecule has 0 atom stereocenters. The maximum absolute atomic E-state index is 12.7. The molecule has 3 rings (SSSR count). The van der Waals surface area contributed by atoms with E-state index in [1.165, 1.54) is 18.1 Å². The van der Waals surface area contributed by atoms with E-state index < -0.39 is 11.5 Å². The standard InChI is InChI=1S/C18H17N3O5S/c1-9-15(17(24)21(2)3)27-18(19-9)20-16(23)12-8-14(22)26-13-7-10(25-4)5-6-11(12)13/h5-8H,1-4H3,(H,19,20,23). The molecule has 8 nitrogen and oxygen atoms in total. The maximum atomic E-state index is 12.7. The molecule has 0 aliphatic rings. The Balaban J connectivity index is 1.96. The average molecular weight is 387 g/mol. The molecule has 3 aromatic rings. The Morgan fingerprint density at radius 1 is 1.26 bits per heavy atom. The summed E-state index contributed by atoms with van der Waals surface area (Å²) < 4.78 is 10.3. The van der Waals surface area contributed by atoms with Crippen LogP contribution >= 0.6 is 11.3 Å². The minimum absolute atomic E-state index is 0.150. The van der Waals surface area contributed by atoms with Crippen LogP contribution in [0.5, 0.6) is 5.75 Å². The van der Waals surface area contributed by atoms with Crippen molar-refractivity contribution in [3.05, 3.63) is 50.8 Å². The second kappa shape index (κ2) is 7.20. The van der Waals surface area contributed by atoms with Gasteiger partial charge in [0, 0.05) is 31.6 Å². The van der Waals surface area contributed by atoms with Gasteiger partial charge in [-0.1, -0.05) is 11.3 Å². The monoisotopic (exact) mass is 387 g/mol. The molecule has 0 bridgehead atoms. The van der Waals surface area contributed by atoms with E-state index in [9.17, 15) is 14.4 Å². The molecule has 27 heavy (non-hydrogen) atoms. The zero-order valence-electron chi connectivity index (χ0n) is 15.2. The van der Waals surface area contributed by atoms with Gasteiger partial charge in [0.05, 0.1) is 18.4 Å². The van der Waals surface area contributed by atoms with E-state index in [4.69, 9.17) is 9.15 Å². The summed E-state index contributed by atoms with van der Waals surface area (Å²) in [5.74, 6) is -0.204. The number of amides is 2. The number of aryl methyl sites for hydroxylation is 1. The third-order valence-corrected chi connectivity index (χ3v) is 4.87. The Hall–Kier alpha value is -3.20. The van der Waals surface area contributed by atoms with Gasteiger partial charge in [-0.2, -0.15) is 0 Å². The summed E-state index contributed by atoms with van der Waals surface area (Å²) in [4.78, 5) is 42.8. The molecule has 2 aromatic heterocycles. The number of nitrogens with zero attached hydrogens (tertiary/aromatic N) is 2. The van der Waals surface area contributed by atoms with Gasteiger partial charge in [-0.05, 0) is 19.1 Å². The van der Waals surface area contributed by atoms with Crippen molar-refractivity contribution >= 4 is 39.3 Å². The van der Waals surface area contributed by atoms with E-state index in [0.717, 1.165) is 17.4 Å². The third kappa shape index (κ3) is 3.68. The van der Waals surface area contributed by atoms with Crippen molar-refractivity contribution in [1.82, 2.24) is 9.88 Å². The van der Waals surface area contributed by atoms with Crippen molar-refractivity contribution in [1.29, 1.82) is 0 Å². The number of hydrogen-bond acceptors (Lipinski definition) is 7. The lowest BCUT2D eigenvalue weighted by atomic mass is 10.1. The molecular weight excluding hydrogens is 370 g/mol. The van der Waals surface area contributed by atoms with Gasteiger partial charge in [0.25, 0.3) is 11.8 Å². The zero-order chi connectivity index (χ0) is 19.7. The Bertz CT molecular complexity index is 1100. The van der Waals surface area contributed by atoms with Crippen molar-refractivity contribution in [2.24, 2.45) is 0 Å². The lowest BCUT2D eigenvalue weighted by molar-refractivity contribution is 0.0831. The van der Waals surface area contributed by atoms with Crippen LogP contribution in [0, 0.1) is 6.92 Å². The van der Waals surface area contributed by atoms with Crippen molar-refractivity contribution in [3.63, 3.8) is 0 Å². The molecule has 0 aliphatic carbocycles. The second-order valence-corrected chi connectivity index (χ2v) is 6.93. The fraction of sp³-hybridized carbons (Fsp3) is 0.222. The van der Waals surface area contributed by atoms with Crippen LogP contribution in [0.1, 0.15) is 25.7 Å². The molecule has 0 saturated heterocycles. The summed E-state index contributed by atoms with van der Waals surface area (Å²) in [5, 5.41) is 3.39. The largest absolute Gasteiger partial charge is 0.497 e. The first-order valence-electron chi connectivity index (χ1n) is 7.92. The summed E-state index contributed by atoms with van der Waals surface area (Å²) in [5.41, 5.74) is 0.263. The zero-order valence-corrected chi connectivity index (χ0v) is 16.0. The smallest absolute Gasteiger partial charge is 0.337 e. The number of anilines is 1. The van der Waals surface area contributed by atoms with Gasteiger partial charge in [-0.3, -0.25) is 14.9 Å². The van der Waals surface area contributed by atoms with Crippen LogP contribution < -0.4 is 15.7 Å². The number of nitrogens with one attached hydrogen (secondary N) is 1. The number of carbonyl (C=O) groups excluding carboxylic acids is 2. The van der Waals surface area contributed by atoms with Crippen LogP contribution in [0.3, 0.4) is 0 Å². The Labute approximate surface area is 158 Å². The van der Waals surface area contributed by atoms with E-state index in [2.05, 4.69) is 10.3 Å². The molecule has 0 radical (unpaired) electrons. The first-order valence-corrected chi connectivity index (χ1v) is 8.74. The van der Waals surface area contributed by atoms with E-state index in [0.29, 0.717) is 21.7 Å². The van der Waals surface area contributed by atoms with Gasteiger partial charge < -0.3 is 14.1 Å². The first-order chi connectivity index (χ1) is 12.8. The van der Waals surface area contributed by atoms with E-state index in [-0.39, 0.29) is 22.2 Å². The highest BCUT2D eigenvalue weighted by Crippen LogP contribution is 2.26. The topological polar surface area (TPSA) is 102 Å². The number of carbonyl (C=O) groups is 2. The minimum atomic E-state index is -0.653. The molecule has 1 aromatic carbocycles. The average Bonchev–Trinajstić information content (AvgIpc) is 2.99. The van der Waals surface area contributed by atoms with Gasteiger partial charge in [-0.15, -0.1) is 0 Å². The lowest BCUT2D eigenvalue weighted by Crippen LogP contribution is -2.21. The van der Waals surface area contributed by atoms with Crippen LogP contribution in [-0.2, 0) is 0 Å². The number of ether oxygens (including phenoxy) is 1. The Morgan fingerprint density at radius 2 is 2.00 bits per heavy atom. The first kappa shape index (κ1) is 18.6. The quantitative estimate of drug-likeness (QED) is 0.690. The number of aromatic nitrogens is 1. The highest BCUT2D eigenvalue weighted by Gasteiger charge is 2.20. The molecule has 0 unspecified atom stereocenters. The Morgan fingerprint density at radius 3 is 2.67 bits per heavy atom. The fourth-order valence-corrected chi connectivity index (χ4v) is 3.46. The molecule has 2 heterocycles. The number of thiazole rings is 1. The number of rotatable bonds is 4. The molecule has 0 aliphatic heterocycles. The van der Waals surface area contributed by atoms with Crippen LogP contribution in [0.2, 0.25) is 0 Å². The molecule has 1 N–H and O–H groups in total. The molecule has 2 amide bonds. The minimum Gasteiger partial charge on any atom is -0.497 e. The molecule has 0 saturated carbocycles. The van der Waals surface area contributed by atoms with Crippen molar-refractivity contribution in [2.45, 2.75) is 6.92 Å². The fourth-order valence-electron chi connectivity index (χ4n) is 2.47. The summed E-state index contributed by atoms with van der Waals surface area (Å²) in [6, 6.07) is 5.96. The van der Waals surface area contributed by atoms with Gasteiger partial charge in [-0.25, -0.2) is 9.78 Å². The maximum Gasteiger partial charge on any atom is 0.337 e. The summed E-state index contributed by atoms with van der Waals surface area (Å²) in [6.07, 6.45) is 0. The molecular formula is C18H17N3O5S. The lowest BCUT2D eigenvalue weighted by Gasteiger charge is -2.08. The highest BCUT2D eigenvalue weighted by molar-refractivity contribution is 7.17. The van der Waals surface area contributed by atoms with Crippen LogP contribution in [0.25, 0.3) is 11.0 Å². The number of methoxy groups -OCH3 is 1. The second-order valence-electron chi connectivity index (χ2n) is 5.93. The van der Waals surface area contributed by atoms with Crippen molar-refractivity contribution < 1.29 is 18.7 Å². The van der Waals surface area contributed by atoms with Crippen LogP contribution in [-0.4, -0.2) is 42.9 Å². The third-order valence-electron chi connectivity index (χ3n) is 3.81. The number of hydrogen-bond donors (Lipinski definition) is 1. The van der Waals surface area contributed by atoms with E-state index in [1.54, 1.807) is 33.2 Å². The van der Waals surface area contributed by atoms with Gasteiger partial charge in [0.1, 0.15) is 16.2 Å². The Kier molecular flexibility index (Phi) is 4.95. The van der Waals surface area contributed by atoms with E-state index in [1.807, 2.05) is 0 Å². The van der Waals surface area contributed by atoms with Gasteiger partial charge in [0.15, 0.2) is 5.13 Å².